The Morgan fingerprint density at radius 1 is 1.09 bits per heavy atom. The van der Waals surface area contributed by atoms with Crippen molar-refractivity contribution in [1.82, 2.24) is 9.96 Å². The molecule has 1 aliphatic rings. The summed E-state index contributed by atoms with van der Waals surface area (Å²) in [6.07, 6.45) is 0.978. The summed E-state index contributed by atoms with van der Waals surface area (Å²) < 4.78 is 5.25. The predicted molar refractivity (Wildman–Crippen MR) is 124 cm³/mol. The van der Waals surface area contributed by atoms with Gasteiger partial charge in [0.2, 0.25) is 12.3 Å². The van der Waals surface area contributed by atoms with E-state index in [1.54, 1.807) is 6.92 Å². The van der Waals surface area contributed by atoms with E-state index >= 15 is 0 Å². The van der Waals surface area contributed by atoms with Crippen LogP contribution < -0.4 is 0 Å². The van der Waals surface area contributed by atoms with Crippen molar-refractivity contribution in [1.29, 1.82) is 0 Å². The number of hydroxylamine groups is 2. The molecule has 1 heterocycles. The fourth-order valence-electron chi connectivity index (χ4n) is 4.10. The first-order chi connectivity index (χ1) is 15.9. The van der Waals surface area contributed by atoms with E-state index in [9.17, 15) is 14.4 Å². The Hall–Kier alpha value is -3.19. The van der Waals surface area contributed by atoms with Crippen molar-refractivity contribution in [3.8, 4) is 0 Å². The van der Waals surface area contributed by atoms with Gasteiger partial charge in [-0.05, 0) is 36.8 Å². The van der Waals surface area contributed by atoms with E-state index in [-0.39, 0.29) is 31.1 Å². The van der Waals surface area contributed by atoms with Gasteiger partial charge in [-0.3, -0.25) is 14.4 Å². The monoisotopic (exact) mass is 452 g/mol. The highest BCUT2D eigenvalue weighted by Crippen LogP contribution is 2.27. The van der Waals surface area contributed by atoms with Crippen molar-refractivity contribution in [3.05, 3.63) is 71.8 Å². The highest BCUT2D eigenvalue weighted by atomic mass is 16.7. The van der Waals surface area contributed by atoms with Gasteiger partial charge in [0, 0.05) is 0 Å². The van der Waals surface area contributed by atoms with Gasteiger partial charge in [0.25, 0.3) is 0 Å². The Morgan fingerprint density at radius 3 is 2.27 bits per heavy atom. The fraction of sp³-hybridized carbons (Fsp3) is 0.423. The average molecular weight is 453 g/mol. The van der Waals surface area contributed by atoms with Gasteiger partial charge in [0.15, 0.2) is 0 Å². The highest BCUT2D eigenvalue weighted by molar-refractivity contribution is 5.95. The van der Waals surface area contributed by atoms with Crippen LogP contribution in [-0.4, -0.2) is 47.1 Å². The number of benzene rings is 2. The molecule has 0 aromatic heterocycles. The normalized spacial score (nSPS) is 17.5. The van der Waals surface area contributed by atoms with Gasteiger partial charge in [-0.1, -0.05) is 74.5 Å². The standard InChI is InChI=1S/C26H32N2O5/c1-19(2)14-24(20(3)27(18-29)33-16-22-12-8-5-9-13-22)25(30)28-23(17-32-26(28)31)15-21-10-6-4-7-11-21/h4-13,18-20,23-24H,14-17H2,1-3H3/t20-,23-,24+/m0/s1. The van der Waals surface area contributed by atoms with Gasteiger partial charge in [-0.15, -0.1) is 0 Å². The summed E-state index contributed by atoms with van der Waals surface area (Å²) in [6, 6.07) is 18.2. The first kappa shape index (κ1) is 24.5. The molecule has 0 radical (unpaired) electrons. The molecule has 7 heteroatoms. The highest BCUT2D eigenvalue weighted by Gasteiger charge is 2.43. The number of carbonyl (C=O) groups is 3. The summed E-state index contributed by atoms with van der Waals surface area (Å²) in [6.45, 7) is 6.15. The van der Waals surface area contributed by atoms with Crippen LogP contribution in [0.15, 0.2) is 60.7 Å². The maximum absolute atomic E-state index is 13.7. The molecule has 0 bridgehead atoms. The molecule has 1 fully saturated rings. The van der Waals surface area contributed by atoms with Gasteiger partial charge in [-0.25, -0.2) is 14.8 Å². The van der Waals surface area contributed by atoms with Crippen LogP contribution in [0.4, 0.5) is 4.79 Å². The number of rotatable bonds is 11. The Morgan fingerprint density at radius 2 is 1.70 bits per heavy atom. The van der Waals surface area contributed by atoms with Crippen LogP contribution in [0.1, 0.15) is 38.3 Å². The SMILES string of the molecule is CC(C)C[C@@H](C(=O)N1C(=O)OC[C@@H]1Cc1ccccc1)[C@H](C)N(C=O)OCc1ccccc1. The molecule has 2 aromatic rings. The van der Waals surface area contributed by atoms with Gasteiger partial charge in [-0.2, -0.15) is 0 Å². The molecule has 0 saturated carbocycles. The second-order valence-electron chi connectivity index (χ2n) is 8.83. The lowest BCUT2D eigenvalue weighted by Crippen LogP contribution is -2.50. The van der Waals surface area contributed by atoms with Crippen LogP contribution in [0.5, 0.6) is 0 Å². The first-order valence-electron chi connectivity index (χ1n) is 11.3. The number of carbonyl (C=O) groups excluding carboxylic acids is 3. The zero-order valence-corrected chi connectivity index (χ0v) is 19.4. The van der Waals surface area contributed by atoms with E-state index in [2.05, 4.69) is 0 Å². The van der Waals surface area contributed by atoms with Crippen LogP contribution in [0.2, 0.25) is 0 Å². The van der Waals surface area contributed by atoms with Crippen molar-refractivity contribution in [2.45, 2.75) is 52.3 Å². The predicted octanol–water partition coefficient (Wildman–Crippen LogP) is 4.22. The van der Waals surface area contributed by atoms with Crippen molar-refractivity contribution < 1.29 is 24.0 Å². The lowest BCUT2D eigenvalue weighted by molar-refractivity contribution is -0.198. The molecule has 0 aliphatic carbocycles. The van der Waals surface area contributed by atoms with Gasteiger partial charge in [0.05, 0.1) is 18.0 Å². The summed E-state index contributed by atoms with van der Waals surface area (Å²) in [4.78, 5) is 45.0. The fourth-order valence-corrected chi connectivity index (χ4v) is 4.10. The van der Waals surface area contributed by atoms with Crippen molar-refractivity contribution in [3.63, 3.8) is 0 Å². The van der Waals surface area contributed by atoms with Crippen molar-refractivity contribution in [2.75, 3.05) is 6.61 Å². The van der Waals surface area contributed by atoms with E-state index < -0.39 is 18.1 Å². The molecule has 0 spiro atoms. The molecule has 0 N–H and O–H groups in total. The third kappa shape index (κ3) is 6.42. The number of hydrogen-bond donors (Lipinski definition) is 0. The summed E-state index contributed by atoms with van der Waals surface area (Å²) >= 11 is 0. The number of amides is 3. The maximum Gasteiger partial charge on any atom is 0.416 e. The molecule has 3 amide bonds. The quantitative estimate of drug-likeness (QED) is 0.377. The van der Waals surface area contributed by atoms with Crippen LogP contribution in [0.25, 0.3) is 0 Å². The minimum atomic E-state index is -0.634. The molecule has 176 valence electrons. The molecule has 33 heavy (non-hydrogen) atoms. The molecule has 1 saturated heterocycles. The van der Waals surface area contributed by atoms with E-state index in [0.717, 1.165) is 11.1 Å². The Labute approximate surface area is 195 Å². The van der Waals surface area contributed by atoms with Crippen molar-refractivity contribution >= 4 is 18.4 Å². The van der Waals surface area contributed by atoms with Crippen LogP contribution in [0, 0.1) is 11.8 Å². The topological polar surface area (TPSA) is 76.2 Å². The summed E-state index contributed by atoms with van der Waals surface area (Å²) in [7, 11) is 0. The Balaban J connectivity index is 1.76. The lowest BCUT2D eigenvalue weighted by Gasteiger charge is -2.33. The van der Waals surface area contributed by atoms with Crippen LogP contribution in [0.3, 0.4) is 0 Å². The first-order valence-corrected chi connectivity index (χ1v) is 11.3. The van der Waals surface area contributed by atoms with Gasteiger partial charge < -0.3 is 4.74 Å². The number of cyclic esters (lactones) is 1. The number of ether oxygens (including phenoxy) is 1. The van der Waals surface area contributed by atoms with Gasteiger partial charge in [0.1, 0.15) is 13.2 Å². The minimum Gasteiger partial charge on any atom is -0.447 e. The molecular formula is C26H32N2O5. The molecular weight excluding hydrogens is 420 g/mol. The smallest absolute Gasteiger partial charge is 0.416 e. The van der Waals surface area contributed by atoms with Crippen molar-refractivity contribution in [2.24, 2.45) is 11.8 Å². The molecule has 1 aliphatic heterocycles. The summed E-state index contributed by atoms with van der Waals surface area (Å²) in [5.41, 5.74) is 1.93. The number of hydrogen-bond acceptors (Lipinski definition) is 5. The second-order valence-corrected chi connectivity index (χ2v) is 8.83. The number of imide groups is 1. The lowest BCUT2D eigenvalue weighted by atomic mass is 9.89. The minimum absolute atomic E-state index is 0.157. The molecule has 2 aromatic carbocycles. The average Bonchev–Trinajstić information content (AvgIpc) is 3.18. The third-order valence-corrected chi connectivity index (χ3v) is 5.87. The van der Waals surface area contributed by atoms with Crippen LogP contribution >= 0.6 is 0 Å². The molecule has 3 atom stereocenters. The number of nitrogens with zero attached hydrogens (tertiary/aromatic N) is 2. The van der Waals surface area contributed by atoms with E-state index in [1.165, 1.54) is 9.96 Å². The second kappa shape index (κ2) is 11.6. The zero-order valence-electron chi connectivity index (χ0n) is 19.4. The van der Waals surface area contributed by atoms with Crippen LogP contribution in [-0.2, 0) is 32.2 Å². The summed E-state index contributed by atoms with van der Waals surface area (Å²) in [5, 5.41) is 1.19. The molecule has 3 rings (SSSR count). The Bertz CT molecular complexity index is 919. The van der Waals surface area contributed by atoms with E-state index in [0.29, 0.717) is 19.3 Å². The largest absolute Gasteiger partial charge is 0.447 e. The van der Waals surface area contributed by atoms with E-state index in [4.69, 9.17) is 9.57 Å². The molecule has 0 unspecified atom stereocenters. The van der Waals surface area contributed by atoms with Gasteiger partial charge >= 0.3 is 6.09 Å². The Kier molecular flexibility index (Phi) is 8.60. The third-order valence-electron chi connectivity index (χ3n) is 5.87. The van der Waals surface area contributed by atoms with E-state index in [1.807, 2.05) is 74.5 Å². The maximum atomic E-state index is 13.7. The molecule has 7 nitrogen and oxygen atoms in total. The summed E-state index contributed by atoms with van der Waals surface area (Å²) in [5.74, 6) is -0.778. The zero-order chi connectivity index (χ0) is 23.8.